The van der Waals surface area contributed by atoms with Crippen LogP contribution in [0.2, 0.25) is 0 Å². The fourth-order valence-electron chi connectivity index (χ4n) is 5.29. The lowest BCUT2D eigenvalue weighted by molar-refractivity contribution is -0.122. The molecule has 1 unspecified atom stereocenters. The standard InChI is InChI=1S/C30H33FN2O3/c31-26-12-6-5-11-25(26)28-21-33(20-23-8-4-7-13-27(23)36-28)17-14-29(34)32-22-30(15-18-35-19-16-30)24-9-2-1-3-10-24/h1-13,28H,14-22H2,(H,32,34). The second-order valence-corrected chi connectivity index (χ2v) is 9.76. The molecule has 1 atom stereocenters. The van der Waals surface area contributed by atoms with Gasteiger partial charge in [0.25, 0.3) is 0 Å². The molecular formula is C30H33FN2O3. The largest absolute Gasteiger partial charge is 0.484 e. The van der Waals surface area contributed by atoms with Gasteiger partial charge >= 0.3 is 0 Å². The molecule has 1 N–H and O–H groups in total. The van der Waals surface area contributed by atoms with Crippen LogP contribution in [-0.4, -0.2) is 43.7 Å². The van der Waals surface area contributed by atoms with E-state index in [-0.39, 0.29) is 17.1 Å². The lowest BCUT2D eigenvalue weighted by atomic mass is 9.74. The summed E-state index contributed by atoms with van der Waals surface area (Å²) in [5.74, 6) is 0.516. The quantitative estimate of drug-likeness (QED) is 0.508. The van der Waals surface area contributed by atoms with E-state index < -0.39 is 6.10 Å². The lowest BCUT2D eigenvalue weighted by Gasteiger charge is -2.38. The number of hydrogen-bond donors (Lipinski definition) is 1. The van der Waals surface area contributed by atoms with Gasteiger partial charge in [0, 0.05) is 62.4 Å². The average molecular weight is 489 g/mol. The van der Waals surface area contributed by atoms with Crippen molar-refractivity contribution < 1.29 is 18.7 Å². The molecule has 1 saturated heterocycles. The first kappa shape index (κ1) is 24.5. The van der Waals surface area contributed by atoms with E-state index in [1.54, 1.807) is 12.1 Å². The molecule has 36 heavy (non-hydrogen) atoms. The summed E-state index contributed by atoms with van der Waals surface area (Å²) < 4.78 is 26.5. The molecule has 0 spiro atoms. The van der Waals surface area contributed by atoms with E-state index in [2.05, 4.69) is 34.5 Å². The molecule has 2 heterocycles. The third-order valence-electron chi connectivity index (χ3n) is 7.43. The van der Waals surface area contributed by atoms with Gasteiger partial charge in [-0.1, -0.05) is 66.7 Å². The van der Waals surface area contributed by atoms with E-state index in [0.717, 1.165) is 24.2 Å². The topological polar surface area (TPSA) is 50.8 Å². The number of hydrogen-bond acceptors (Lipinski definition) is 4. The van der Waals surface area contributed by atoms with E-state index in [1.807, 2.05) is 36.4 Å². The highest BCUT2D eigenvalue weighted by Gasteiger charge is 2.35. The first-order chi connectivity index (χ1) is 17.6. The molecule has 6 heteroatoms. The van der Waals surface area contributed by atoms with Gasteiger partial charge in [-0.05, 0) is 30.5 Å². The molecule has 3 aromatic rings. The van der Waals surface area contributed by atoms with Gasteiger partial charge < -0.3 is 14.8 Å². The Bertz CT molecular complexity index is 1160. The maximum Gasteiger partial charge on any atom is 0.221 e. The number of carbonyl (C=O) groups excluding carboxylic acids is 1. The Morgan fingerprint density at radius 2 is 1.69 bits per heavy atom. The van der Waals surface area contributed by atoms with Gasteiger partial charge in [0.2, 0.25) is 5.91 Å². The molecule has 2 aliphatic heterocycles. The minimum absolute atomic E-state index is 0.0256. The smallest absolute Gasteiger partial charge is 0.221 e. The molecule has 0 aliphatic carbocycles. The van der Waals surface area contributed by atoms with E-state index in [9.17, 15) is 9.18 Å². The molecule has 5 rings (SSSR count). The normalized spacial score (nSPS) is 19.5. The molecule has 2 aliphatic rings. The van der Waals surface area contributed by atoms with Crippen LogP contribution in [0.4, 0.5) is 4.39 Å². The van der Waals surface area contributed by atoms with Crippen molar-refractivity contribution in [1.82, 2.24) is 10.2 Å². The average Bonchev–Trinajstić information content (AvgIpc) is 3.11. The SMILES string of the molecule is O=C(CCN1Cc2ccccc2OC(c2ccccc2F)C1)NCC1(c2ccccc2)CCOCC1. The minimum Gasteiger partial charge on any atom is -0.484 e. The Morgan fingerprint density at radius 3 is 2.50 bits per heavy atom. The predicted octanol–water partition coefficient (Wildman–Crippen LogP) is 5.02. The summed E-state index contributed by atoms with van der Waals surface area (Å²) in [7, 11) is 0. The second kappa shape index (κ2) is 11.2. The van der Waals surface area contributed by atoms with E-state index in [1.165, 1.54) is 11.6 Å². The van der Waals surface area contributed by atoms with Gasteiger partial charge in [0.05, 0.1) is 0 Å². The minimum atomic E-state index is -0.443. The summed E-state index contributed by atoms with van der Waals surface area (Å²) in [4.78, 5) is 15.2. The van der Waals surface area contributed by atoms with Crippen molar-refractivity contribution in [3.05, 3.63) is 101 Å². The van der Waals surface area contributed by atoms with Crippen molar-refractivity contribution in [2.45, 2.75) is 37.3 Å². The molecular weight excluding hydrogens is 455 g/mol. The molecule has 0 aromatic heterocycles. The summed E-state index contributed by atoms with van der Waals surface area (Å²) in [5.41, 5.74) is 2.73. The summed E-state index contributed by atoms with van der Waals surface area (Å²) in [6.07, 6.45) is 1.71. The number of amides is 1. The summed E-state index contributed by atoms with van der Waals surface area (Å²) in [6.45, 7) is 3.73. The molecule has 188 valence electrons. The highest BCUT2D eigenvalue weighted by molar-refractivity contribution is 5.76. The highest BCUT2D eigenvalue weighted by Crippen LogP contribution is 2.34. The summed E-state index contributed by atoms with van der Waals surface area (Å²) in [5, 5.41) is 3.21. The van der Waals surface area contributed by atoms with Crippen molar-refractivity contribution in [3.8, 4) is 5.75 Å². The Hall–Kier alpha value is -3.22. The maximum atomic E-state index is 14.6. The van der Waals surface area contributed by atoms with Crippen molar-refractivity contribution >= 4 is 5.91 Å². The Morgan fingerprint density at radius 1 is 0.972 bits per heavy atom. The lowest BCUT2D eigenvalue weighted by Crippen LogP contribution is -2.45. The second-order valence-electron chi connectivity index (χ2n) is 9.76. The van der Waals surface area contributed by atoms with Crippen LogP contribution in [-0.2, 0) is 21.5 Å². The third-order valence-corrected chi connectivity index (χ3v) is 7.43. The maximum absolute atomic E-state index is 14.6. The highest BCUT2D eigenvalue weighted by atomic mass is 19.1. The van der Waals surface area contributed by atoms with Gasteiger partial charge in [-0.3, -0.25) is 9.69 Å². The van der Waals surface area contributed by atoms with E-state index >= 15 is 0 Å². The monoisotopic (exact) mass is 488 g/mol. The van der Waals surface area contributed by atoms with Crippen molar-refractivity contribution in [1.29, 1.82) is 0 Å². The molecule has 0 radical (unpaired) electrons. The van der Waals surface area contributed by atoms with Crippen LogP contribution in [0.3, 0.4) is 0 Å². The van der Waals surface area contributed by atoms with Gasteiger partial charge in [-0.15, -0.1) is 0 Å². The number of para-hydroxylation sites is 1. The van der Waals surface area contributed by atoms with Crippen LogP contribution in [0.1, 0.15) is 42.1 Å². The van der Waals surface area contributed by atoms with Crippen LogP contribution in [0.5, 0.6) is 5.75 Å². The van der Waals surface area contributed by atoms with Crippen LogP contribution in [0, 0.1) is 5.82 Å². The number of rotatable bonds is 7. The fraction of sp³-hybridized carbons (Fsp3) is 0.367. The molecule has 0 bridgehead atoms. The van der Waals surface area contributed by atoms with Gasteiger partial charge in [-0.25, -0.2) is 4.39 Å². The number of nitrogens with one attached hydrogen (secondary N) is 1. The van der Waals surface area contributed by atoms with Crippen LogP contribution < -0.4 is 10.1 Å². The van der Waals surface area contributed by atoms with Crippen molar-refractivity contribution in [2.75, 3.05) is 32.8 Å². The summed E-state index contributed by atoms with van der Waals surface area (Å²) >= 11 is 0. The molecule has 5 nitrogen and oxygen atoms in total. The van der Waals surface area contributed by atoms with E-state index in [0.29, 0.717) is 51.4 Å². The first-order valence-electron chi connectivity index (χ1n) is 12.7. The van der Waals surface area contributed by atoms with Crippen LogP contribution >= 0.6 is 0 Å². The molecule has 3 aromatic carbocycles. The number of fused-ring (bicyclic) bond motifs is 1. The number of nitrogens with zero attached hydrogens (tertiary/aromatic N) is 1. The molecule has 0 saturated carbocycles. The zero-order chi connectivity index (χ0) is 24.8. The third kappa shape index (κ3) is 5.61. The number of halogens is 1. The van der Waals surface area contributed by atoms with Crippen LogP contribution in [0.15, 0.2) is 78.9 Å². The predicted molar refractivity (Wildman–Crippen MR) is 137 cm³/mol. The molecule has 1 fully saturated rings. The van der Waals surface area contributed by atoms with Crippen molar-refractivity contribution in [2.24, 2.45) is 0 Å². The zero-order valence-corrected chi connectivity index (χ0v) is 20.5. The van der Waals surface area contributed by atoms with Gasteiger partial charge in [-0.2, -0.15) is 0 Å². The first-order valence-corrected chi connectivity index (χ1v) is 12.7. The fourth-order valence-corrected chi connectivity index (χ4v) is 5.29. The van der Waals surface area contributed by atoms with E-state index in [4.69, 9.17) is 9.47 Å². The number of ether oxygens (including phenoxy) is 2. The number of carbonyl (C=O) groups is 1. The van der Waals surface area contributed by atoms with Crippen molar-refractivity contribution in [3.63, 3.8) is 0 Å². The van der Waals surface area contributed by atoms with Gasteiger partial charge in [0.1, 0.15) is 17.7 Å². The zero-order valence-electron chi connectivity index (χ0n) is 20.5. The molecule has 1 amide bonds. The Balaban J connectivity index is 1.24. The van der Waals surface area contributed by atoms with Crippen LogP contribution in [0.25, 0.3) is 0 Å². The van der Waals surface area contributed by atoms with Gasteiger partial charge in [0.15, 0.2) is 0 Å². The Kier molecular flexibility index (Phi) is 7.63. The number of benzene rings is 3. The Labute approximate surface area is 212 Å². The summed E-state index contributed by atoms with van der Waals surface area (Å²) in [6, 6.07) is 25.0.